The van der Waals surface area contributed by atoms with Crippen LogP contribution in [0.5, 0.6) is 0 Å². The molecule has 3 amide bonds. The lowest BCUT2D eigenvalue weighted by atomic mass is 10.2. The van der Waals surface area contributed by atoms with Crippen molar-refractivity contribution in [3.05, 3.63) is 28.2 Å². The molecule has 0 heterocycles. The Bertz CT molecular complexity index is 445. The average Bonchev–Trinajstić information content (AvgIpc) is 2.27. The smallest absolute Gasteiger partial charge is 0.321 e. The van der Waals surface area contributed by atoms with Gasteiger partial charge in [0.05, 0.1) is 0 Å². The van der Waals surface area contributed by atoms with Crippen molar-refractivity contribution in [3.63, 3.8) is 0 Å². The molecule has 0 aromatic heterocycles. The van der Waals surface area contributed by atoms with Gasteiger partial charge in [0.25, 0.3) is 0 Å². The number of nitrogens with one attached hydrogen (secondary N) is 3. The van der Waals surface area contributed by atoms with Crippen molar-refractivity contribution < 1.29 is 9.59 Å². The van der Waals surface area contributed by atoms with E-state index in [0.29, 0.717) is 15.7 Å². The Labute approximate surface area is 115 Å². The van der Waals surface area contributed by atoms with Crippen LogP contribution >= 0.6 is 23.2 Å². The van der Waals surface area contributed by atoms with Gasteiger partial charge in [0.2, 0.25) is 5.91 Å². The van der Waals surface area contributed by atoms with E-state index in [2.05, 4.69) is 16.0 Å². The van der Waals surface area contributed by atoms with Gasteiger partial charge in [-0.2, -0.15) is 0 Å². The van der Waals surface area contributed by atoms with Crippen LogP contribution < -0.4 is 16.0 Å². The molecule has 1 rings (SSSR count). The van der Waals surface area contributed by atoms with E-state index in [-0.39, 0.29) is 0 Å². The number of urea groups is 1. The van der Waals surface area contributed by atoms with Gasteiger partial charge in [0, 0.05) is 22.8 Å². The lowest BCUT2D eigenvalue weighted by Crippen LogP contribution is -2.44. The molecule has 1 aromatic carbocycles. The molecule has 0 radical (unpaired) electrons. The van der Waals surface area contributed by atoms with Crippen LogP contribution in [0.25, 0.3) is 0 Å². The Morgan fingerprint density at radius 2 is 1.72 bits per heavy atom. The maximum absolute atomic E-state index is 11.6. The van der Waals surface area contributed by atoms with Gasteiger partial charge in [-0.1, -0.05) is 23.2 Å². The molecule has 0 fully saturated rings. The van der Waals surface area contributed by atoms with Gasteiger partial charge in [0.15, 0.2) is 0 Å². The minimum atomic E-state index is -0.600. The summed E-state index contributed by atoms with van der Waals surface area (Å²) in [5.41, 5.74) is 0.604. The minimum Gasteiger partial charge on any atom is -0.374 e. The number of imide groups is 1. The third kappa shape index (κ3) is 4.43. The van der Waals surface area contributed by atoms with E-state index in [1.165, 1.54) is 7.05 Å². The zero-order valence-corrected chi connectivity index (χ0v) is 11.4. The van der Waals surface area contributed by atoms with E-state index in [1.54, 1.807) is 25.1 Å². The summed E-state index contributed by atoms with van der Waals surface area (Å²) >= 11 is 11.7. The molecule has 5 nitrogen and oxygen atoms in total. The predicted molar refractivity (Wildman–Crippen MR) is 72.1 cm³/mol. The molecule has 0 aliphatic heterocycles. The number of amides is 3. The molecular formula is C11H13Cl2N3O2. The Morgan fingerprint density at radius 1 is 1.17 bits per heavy atom. The van der Waals surface area contributed by atoms with E-state index in [9.17, 15) is 9.59 Å². The van der Waals surface area contributed by atoms with Crippen molar-refractivity contribution in [1.29, 1.82) is 0 Å². The third-order valence-corrected chi connectivity index (χ3v) is 2.54. The number of rotatable bonds is 3. The van der Waals surface area contributed by atoms with Crippen LogP contribution in [0.3, 0.4) is 0 Å². The zero-order valence-electron chi connectivity index (χ0n) is 9.88. The Balaban J connectivity index is 2.66. The van der Waals surface area contributed by atoms with Gasteiger partial charge in [-0.25, -0.2) is 4.79 Å². The summed E-state index contributed by atoms with van der Waals surface area (Å²) in [5, 5.41) is 8.27. The number of halogens is 2. The molecule has 98 valence electrons. The maximum atomic E-state index is 11.6. The minimum absolute atomic E-state index is 0.453. The number of hydrogen-bond acceptors (Lipinski definition) is 3. The number of carbonyl (C=O) groups is 2. The van der Waals surface area contributed by atoms with E-state index in [0.717, 1.165) is 0 Å². The molecule has 7 heteroatoms. The fraction of sp³-hybridized carbons (Fsp3) is 0.273. The second-order valence-corrected chi connectivity index (χ2v) is 4.47. The molecule has 0 saturated carbocycles. The summed E-state index contributed by atoms with van der Waals surface area (Å²) in [6, 6.07) is 3.70. The summed E-state index contributed by atoms with van der Waals surface area (Å²) in [7, 11) is 1.43. The van der Waals surface area contributed by atoms with E-state index in [4.69, 9.17) is 23.2 Å². The summed E-state index contributed by atoms with van der Waals surface area (Å²) < 4.78 is 0. The first-order valence-corrected chi connectivity index (χ1v) is 5.93. The van der Waals surface area contributed by atoms with Crippen LogP contribution in [0.1, 0.15) is 6.92 Å². The molecule has 1 atom stereocenters. The molecule has 1 aromatic rings. The van der Waals surface area contributed by atoms with Crippen molar-refractivity contribution in [2.24, 2.45) is 0 Å². The first-order chi connectivity index (χ1) is 8.42. The molecule has 1 unspecified atom stereocenters. The van der Waals surface area contributed by atoms with Crippen molar-refractivity contribution in [1.82, 2.24) is 10.6 Å². The highest BCUT2D eigenvalue weighted by molar-refractivity contribution is 6.35. The average molecular weight is 290 g/mol. The van der Waals surface area contributed by atoms with E-state index < -0.39 is 18.0 Å². The lowest BCUT2D eigenvalue weighted by Gasteiger charge is -2.15. The molecule has 0 aliphatic carbocycles. The molecule has 0 spiro atoms. The fourth-order valence-electron chi connectivity index (χ4n) is 1.24. The van der Waals surface area contributed by atoms with Crippen molar-refractivity contribution in [2.75, 3.05) is 12.4 Å². The first kappa shape index (κ1) is 14.6. The topological polar surface area (TPSA) is 70.2 Å². The predicted octanol–water partition coefficient (Wildman–Crippen LogP) is 2.25. The lowest BCUT2D eigenvalue weighted by molar-refractivity contribution is -0.120. The highest BCUT2D eigenvalue weighted by Crippen LogP contribution is 2.22. The molecule has 18 heavy (non-hydrogen) atoms. The second kappa shape index (κ2) is 6.47. The van der Waals surface area contributed by atoms with Crippen LogP contribution in [0.4, 0.5) is 10.5 Å². The zero-order chi connectivity index (χ0) is 13.7. The standard InChI is InChI=1S/C11H13Cl2N3O2/c1-6(10(17)16-11(18)14-2)15-9-4-7(12)3-8(13)5-9/h3-6,15H,1-2H3,(H2,14,16,17,18). The van der Waals surface area contributed by atoms with E-state index >= 15 is 0 Å². The SMILES string of the molecule is CNC(=O)NC(=O)C(C)Nc1cc(Cl)cc(Cl)c1. The highest BCUT2D eigenvalue weighted by atomic mass is 35.5. The molecule has 0 saturated heterocycles. The maximum Gasteiger partial charge on any atom is 0.321 e. The van der Waals surface area contributed by atoms with Crippen LogP contribution in [-0.4, -0.2) is 25.0 Å². The van der Waals surface area contributed by atoms with Gasteiger partial charge in [-0.05, 0) is 25.1 Å². The Morgan fingerprint density at radius 3 is 2.22 bits per heavy atom. The number of hydrogen-bond donors (Lipinski definition) is 3. The molecule has 0 bridgehead atoms. The molecule has 3 N–H and O–H groups in total. The Hall–Kier alpha value is -1.46. The van der Waals surface area contributed by atoms with Gasteiger partial charge in [-0.15, -0.1) is 0 Å². The number of carbonyl (C=O) groups excluding carboxylic acids is 2. The van der Waals surface area contributed by atoms with Crippen molar-refractivity contribution in [3.8, 4) is 0 Å². The van der Waals surface area contributed by atoms with Crippen molar-refractivity contribution in [2.45, 2.75) is 13.0 Å². The normalized spacial score (nSPS) is 11.6. The summed E-state index contributed by atoms with van der Waals surface area (Å²) in [6.07, 6.45) is 0. The van der Waals surface area contributed by atoms with Gasteiger partial charge < -0.3 is 10.6 Å². The first-order valence-electron chi connectivity index (χ1n) is 5.17. The van der Waals surface area contributed by atoms with Crippen molar-refractivity contribution >= 4 is 40.8 Å². The van der Waals surface area contributed by atoms with Gasteiger partial charge in [-0.3, -0.25) is 10.1 Å². The second-order valence-electron chi connectivity index (χ2n) is 3.59. The van der Waals surface area contributed by atoms with Gasteiger partial charge in [0.1, 0.15) is 6.04 Å². The van der Waals surface area contributed by atoms with Crippen LogP contribution in [0.15, 0.2) is 18.2 Å². The Kier molecular flexibility index (Phi) is 5.25. The van der Waals surface area contributed by atoms with Crippen LogP contribution in [0, 0.1) is 0 Å². The number of anilines is 1. The monoisotopic (exact) mass is 289 g/mol. The third-order valence-electron chi connectivity index (χ3n) is 2.10. The fourth-order valence-corrected chi connectivity index (χ4v) is 1.76. The van der Waals surface area contributed by atoms with Crippen LogP contribution in [-0.2, 0) is 4.79 Å². The molecule has 0 aliphatic rings. The van der Waals surface area contributed by atoms with Gasteiger partial charge >= 0.3 is 6.03 Å². The largest absolute Gasteiger partial charge is 0.374 e. The van der Waals surface area contributed by atoms with E-state index in [1.807, 2.05) is 0 Å². The molecular weight excluding hydrogens is 277 g/mol. The summed E-state index contributed by atoms with van der Waals surface area (Å²) in [5.74, 6) is -0.453. The number of benzene rings is 1. The highest BCUT2D eigenvalue weighted by Gasteiger charge is 2.15. The van der Waals surface area contributed by atoms with Crippen LogP contribution in [0.2, 0.25) is 10.0 Å². The summed E-state index contributed by atoms with van der Waals surface area (Å²) in [4.78, 5) is 22.6. The quantitative estimate of drug-likeness (QED) is 0.799. The summed E-state index contributed by atoms with van der Waals surface area (Å²) in [6.45, 7) is 1.62.